The van der Waals surface area contributed by atoms with Crippen LogP contribution in [0.3, 0.4) is 0 Å². The normalized spacial score (nSPS) is 11.9. The Kier molecular flexibility index (Phi) is 5.51. The van der Waals surface area contributed by atoms with Crippen LogP contribution in [-0.2, 0) is 9.53 Å². The Hall–Kier alpha value is -4.33. The van der Waals surface area contributed by atoms with Crippen molar-refractivity contribution in [1.82, 2.24) is 0 Å². The van der Waals surface area contributed by atoms with Gasteiger partial charge in [-0.2, -0.15) is 0 Å². The first-order chi connectivity index (χ1) is 15.4. The highest BCUT2D eigenvalue weighted by molar-refractivity contribution is 5.88. The van der Waals surface area contributed by atoms with Crippen molar-refractivity contribution in [2.45, 2.75) is 12.3 Å². The van der Waals surface area contributed by atoms with Crippen molar-refractivity contribution in [3.05, 3.63) is 88.0 Å². The SMILES string of the molecule is COC(=O)C[C@H](c1ccc(-c2ccc(C(=O)O)cc2)o1)c1oc2ccccc2c(=O)c1O. The summed E-state index contributed by atoms with van der Waals surface area (Å²) in [5.74, 6) is -2.60. The number of carbonyl (C=O) groups excluding carboxylic acids is 1. The molecule has 1 atom stereocenters. The van der Waals surface area contributed by atoms with Crippen LogP contribution in [-0.4, -0.2) is 29.3 Å². The maximum absolute atomic E-state index is 12.6. The minimum atomic E-state index is -1.04. The average Bonchev–Trinajstić information content (AvgIpc) is 3.30. The second kappa shape index (κ2) is 8.43. The zero-order chi connectivity index (χ0) is 22.8. The third-order valence-electron chi connectivity index (χ3n) is 5.10. The molecule has 0 aliphatic carbocycles. The number of fused-ring (bicyclic) bond motifs is 1. The molecule has 0 saturated carbocycles. The van der Waals surface area contributed by atoms with E-state index in [2.05, 4.69) is 0 Å². The van der Waals surface area contributed by atoms with Gasteiger partial charge >= 0.3 is 11.9 Å². The molecule has 2 heterocycles. The number of rotatable bonds is 6. The van der Waals surface area contributed by atoms with Crippen LogP contribution in [0.5, 0.6) is 5.75 Å². The summed E-state index contributed by atoms with van der Waals surface area (Å²) in [4.78, 5) is 35.8. The standard InChI is InChI=1S/C24H18O8/c1-30-20(25)12-16(23-22(27)21(26)15-4-2-3-5-18(15)32-23)19-11-10-17(31-19)13-6-8-14(9-7-13)24(28)29/h2-11,16,27H,12H2,1H3,(H,28,29)/t16-/m1/s1. The lowest BCUT2D eigenvalue weighted by Crippen LogP contribution is -2.13. The number of para-hydroxylation sites is 1. The number of carboxylic acid groups (broad SMARTS) is 1. The summed E-state index contributed by atoms with van der Waals surface area (Å²) < 4.78 is 16.5. The minimum absolute atomic E-state index is 0.110. The topological polar surface area (TPSA) is 127 Å². The molecule has 32 heavy (non-hydrogen) atoms. The molecule has 4 rings (SSSR count). The molecule has 0 aliphatic rings. The third kappa shape index (κ3) is 3.85. The van der Waals surface area contributed by atoms with Crippen LogP contribution in [0, 0.1) is 0 Å². The van der Waals surface area contributed by atoms with E-state index in [4.69, 9.17) is 18.7 Å². The van der Waals surface area contributed by atoms with Gasteiger partial charge in [-0.25, -0.2) is 4.79 Å². The lowest BCUT2D eigenvalue weighted by molar-refractivity contribution is -0.141. The number of hydrogen-bond donors (Lipinski definition) is 2. The smallest absolute Gasteiger partial charge is 0.335 e. The van der Waals surface area contributed by atoms with Gasteiger partial charge in [-0.15, -0.1) is 0 Å². The van der Waals surface area contributed by atoms with Crippen LogP contribution in [0.25, 0.3) is 22.3 Å². The van der Waals surface area contributed by atoms with E-state index in [1.54, 1.807) is 42.5 Å². The van der Waals surface area contributed by atoms with Crippen molar-refractivity contribution >= 4 is 22.9 Å². The second-order valence-electron chi connectivity index (χ2n) is 7.06. The van der Waals surface area contributed by atoms with E-state index in [9.17, 15) is 19.5 Å². The van der Waals surface area contributed by atoms with Gasteiger partial charge in [0.25, 0.3) is 0 Å². The molecule has 2 aromatic carbocycles. The molecule has 0 aliphatic heterocycles. The van der Waals surface area contributed by atoms with Crippen molar-refractivity contribution in [2.75, 3.05) is 7.11 Å². The Morgan fingerprint density at radius 2 is 1.72 bits per heavy atom. The Labute approximate surface area is 181 Å². The molecule has 4 aromatic rings. The summed E-state index contributed by atoms with van der Waals surface area (Å²) in [6, 6.07) is 15.8. The van der Waals surface area contributed by atoms with E-state index in [1.807, 2.05) is 0 Å². The predicted molar refractivity (Wildman–Crippen MR) is 114 cm³/mol. The Morgan fingerprint density at radius 1 is 1.00 bits per heavy atom. The van der Waals surface area contributed by atoms with Gasteiger partial charge in [-0.3, -0.25) is 9.59 Å². The van der Waals surface area contributed by atoms with E-state index >= 15 is 0 Å². The van der Waals surface area contributed by atoms with Crippen LogP contribution in [0.4, 0.5) is 0 Å². The van der Waals surface area contributed by atoms with Crippen LogP contribution in [0.1, 0.15) is 34.2 Å². The van der Waals surface area contributed by atoms with E-state index < -0.39 is 29.0 Å². The van der Waals surface area contributed by atoms with Crippen LogP contribution >= 0.6 is 0 Å². The molecule has 0 radical (unpaired) electrons. The molecule has 2 N–H and O–H groups in total. The van der Waals surface area contributed by atoms with Gasteiger partial charge in [0.05, 0.1) is 30.4 Å². The summed E-state index contributed by atoms with van der Waals surface area (Å²) in [7, 11) is 1.23. The fraction of sp³-hybridized carbons (Fsp3) is 0.125. The quantitative estimate of drug-likeness (QED) is 0.433. The first-order valence-electron chi connectivity index (χ1n) is 9.64. The second-order valence-corrected chi connectivity index (χ2v) is 7.06. The third-order valence-corrected chi connectivity index (χ3v) is 5.10. The molecule has 8 heteroatoms. The Morgan fingerprint density at radius 3 is 2.41 bits per heavy atom. The van der Waals surface area contributed by atoms with Crippen LogP contribution < -0.4 is 5.43 Å². The van der Waals surface area contributed by atoms with E-state index in [0.29, 0.717) is 11.3 Å². The molecule has 0 bridgehead atoms. The lowest BCUT2D eigenvalue weighted by Gasteiger charge is -2.14. The van der Waals surface area contributed by atoms with Gasteiger partial charge in [0.15, 0.2) is 5.76 Å². The number of benzene rings is 2. The molecule has 8 nitrogen and oxygen atoms in total. The summed E-state index contributed by atoms with van der Waals surface area (Å²) in [5.41, 5.74) is 0.387. The zero-order valence-electron chi connectivity index (χ0n) is 16.9. The number of carbonyl (C=O) groups is 2. The van der Waals surface area contributed by atoms with Crippen LogP contribution in [0.2, 0.25) is 0 Å². The van der Waals surface area contributed by atoms with Crippen LogP contribution in [0.15, 0.2) is 74.3 Å². The average molecular weight is 434 g/mol. The molecular weight excluding hydrogens is 416 g/mol. The van der Waals surface area contributed by atoms with Crippen molar-refractivity contribution in [3.8, 4) is 17.1 Å². The lowest BCUT2D eigenvalue weighted by atomic mass is 9.97. The maximum atomic E-state index is 12.6. The molecule has 0 fully saturated rings. The predicted octanol–water partition coefficient (Wildman–Crippen LogP) is 4.15. The number of ether oxygens (including phenoxy) is 1. The number of aromatic carboxylic acids is 1. The summed E-state index contributed by atoms with van der Waals surface area (Å²) in [6.45, 7) is 0. The summed E-state index contributed by atoms with van der Waals surface area (Å²) in [5, 5.41) is 19.8. The minimum Gasteiger partial charge on any atom is -0.502 e. The first-order valence-corrected chi connectivity index (χ1v) is 9.64. The molecular formula is C24H18O8. The highest BCUT2D eigenvalue weighted by Gasteiger charge is 2.29. The summed E-state index contributed by atoms with van der Waals surface area (Å²) >= 11 is 0. The number of methoxy groups -OCH3 is 1. The Bertz CT molecular complexity index is 1360. The summed E-state index contributed by atoms with van der Waals surface area (Å²) in [6.07, 6.45) is -0.240. The number of furan rings is 1. The number of aromatic hydroxyl groups is 1. The van der Waals surface area contributed by atoms with Gasteiger partial charge < -0.3 is 23.8 Å². The molecule has 0 saturated heterocycles. The fourth-order valence-corrected chi connectivity index (χ4v) is 3.43. The fourth-order valence-electron chi connectivity index (χ4n) is 3.43. The monoisotopic (exact) mass is 434 g/mol. The van der Waals surface area contributed by atoms with Gasteiger partial charge in [0.1, 0.15) is 17.1 Å². The highest BCUT2D eigenvalue weighted by atomic mass is 16.5. The van der Waals surface area contributed by atoms with Crippen molar-refractivity contribution in [2.24, 2.45) is 0 Å². The van der Waals surface area contributed by atoms with Gasteiger partial charge in [0.2, 0.25) is 11.2 Å². The maximum Gasteiger partial charge on any atom is 0.335 e. The van der Waals surface area contributed by atoms with Crippen molar-refractivity contribution < 1.29 is 33.4 Å². The molecule has 0 spiro atoms. The molecule has 0 unspecified atom stereocenters. The van der Waals surface area contributed by atoms with Gasteiger partial charge in [-0.05, 0) is 36.4 Å². The van der Waals surface area contributed by atoms with Crippen molar-refractivity contribution in [1.29, 1.82) is 0 Å². The van der Waals surface area contributed by atoms with E-state index in [1.165, 1.54) is 25.3 Å². The Balaban J connectivity index is 1.79. The number of hydrogen-bond acceptors (Lipinski definition) is 7. The van der Waals surface area contributed by atoms with Gasteiger partial charge in [0, 0.05) is 5.56 Å². The number of carboxylic acids is 1. The first kappa shape index (κ1) is 20.9. The highest BCUT2D eigenvalue weighted by Crippen LogP contribution is 2.37. The van der Waals surface area contributed by atoms with Crippen molar-refractivity contribution in [3.63, 3.8) is 0 Å². The zero-order valence-corrected chi connectivity index (χ0v) is 16.9. The van der Waals surface area contributed by atoms with Gasteiger partial charge in [-0.1, -0.05) is 24.3 Å². The molecule has 162 valence electrons. The largest absolute Gasteiger partial charge is 0.502 e. The molecule has 0 amide bonds. The number of esters is 1. The van der Waals surface area contributed by atoms with E-state index in [0.717, 1.165) is 0 Å². The van der Waals surface area contributed by atoms with E-state index in [-0.39, 0.29) is 34.5 Å². The molecule has 2 aromatic heterocycles.